The molecule has 0 aliphatic heterocycles. The molecule has 2 heterocycles. The molecule has 0 radical (unpaired) electrons. The summed E-state index contributed by atoms with van der Waals surface area (Å²) in [6.07, 6.45) is 3.54. The van der Waals surface area contributed by atoms with Crippen molar-refractivity contribution in [1.29, 1.82) is 0 Å². The minimum absolute atomic E-state index is 0.915. The number of pyridine rings is 2. The Labute approximate surface area is 92.2 Å². The zero-order valence-electron chi connectivity index (χ0n) is 7.89. The van der Waals surface area contributed by atoms with Gasteiger partial charge in [-0.25, -0.2) is 0 Å². The Morgan fingerprint density at radius 3 is 1.50 bits per heavy atom. The van der Waals surface area contributed by atoms with Crippen LogP contribution in [0.2, 0.25) is 0 Å². The molecule has 0 N–H and O–H groups in total. The van der Waals surface area contributed by atoms with Gasteiger partial charge in [-0.05, 0) is 30.1 Å². The van der Waals surface area contributed by atoms with Crippen molar-refractivity contribution in [2.24, 2.45) is 0 Å². The second kappa shape index (κ2) is 6.27. The quantitative estimate of drug-likeness (QED) is 0.727. The number of alkyl halides is 1. The lowest BCUT2D eigenvalue weighted by atomic mass is 10.2. The van der Waals surface area contributed by atoms with E-state index >= 15 is 0 Å². The number of hydrogen-bond donors (Lipinski definition) is 0. The molecule has 2 nitrogen and oxygen atoms in total. The van der Waals surface area contributed by atoms with E-state index in [4.69, 9.17) is 0 Å². The Morgan fingerprint density at radius 2 is 1.21 bits per heavy atom. The highest BCUT2D eigenvalue weighted by molar-refractivity contribution is 9.08. The van der Waals surface area contributed by atoms with Gasteiger partial charge in [-0.15, -0.1) is 0 Å². The van der Waals surface area contributed by atoms with Gasteiger partial charge in [0, 0.05) is 12.4 Å². The zero-order valence-corrected chi connectivity index (χ0v) is 9.48. The fourth-order valence-corrected chi connectivity index (χ4v) is 1.03. The summed E-state index contributed by atoms with van der Waals surface area (Å²) in [5.41, 5.74) is 1.83. The van der Waals surface area contributed by atoms with Crippen molar-refractivity contribution in [2.75, 3.05) is 5.83 Å². The van der Waals surface area contributed by atoms with E-state index in [0.717, 1.165) is 11.4 Å². The number of rotatable bonds is 1. The molecule has 0 spiro atoms. The molecule has 0 saturated carbocycles. The summed E-state index contributed by atoms with van der Waals surface area (Å²) in [6, 6.07) is 11.6. The SMILES string of the molecule is CBr.c1ccc(-c2ccccn2)nc1. The number of aromatic nitrogens is 2. The highest BCUT2D eigenvalue weighted by Crippen LogP contribution is 2.10. The van der Waals surface area contributed by atoms with Gasteiger partial charge >= 0.3 is 0 Å². The highest BCUT2D eigenvalue weighted by Gasteiger charge is 1.95. The standard InChI is InChI=1S/C10H8N2.CH3Br/c1-3-7-11-9(5-1)10-6-2-4-8-12-10;1-2/h1-8H;1H3. The predicted molar refractivity (Wildman–Crippen MR) is 62.3 cm³/mol. The Bertz CT molecular complexity index is 311. The average Bonchev–Trinajstić information content (AvgIpc) is 2.34. The maximum atomic E-state index is 4.19. The van der Waals surface area contributed by atoms with Crippen molar-refractivity contribution in [3.63, 3.8) is 0 Å². The third-order valence-corrected chi connectivity index (χ3v) is 1.59. The molecule has 3 heteroatoms. The zero-order chi connectivity index (χ0) is 10.2. The Balaban J connectivity index is 0.000000461. The molecular formula is C11H11BrN2. The maximum Gasteiger partial charge on any atom is 0.0886 e. The van der Waals surface area contributed by atoms with E-state index < -0.39 is 0 Å². The van der Waals surface area contributed by atoms with E-state index in [0.29, 0.717) is 0 Å². The molecule has 2 aromatic heterocycles. The smallest absolute Gasteiger partial charge is 0.0886 e. The van der Waals surface area contributed by atoms with Crippen LogP contribution in [0.1, 0.15) is 0 Å². The van der Waals surface area contributed by atoms with Gasteiger partial charge in [0.15, 0.2) is 0 Å². The summed E-state index contributed by atoms with van der Waals surface area (Å²) in [4.78, 5) is 8.37. The van der Waals surface area contributed by atoms with Gasteiger partial charge in [-0.3, -0.25) is 9.97 Å². The summed E-state index contributed by atoms with van der Waals surface area (Å²) < 4.78 is 0. The van der Waals surface area contributed by atoms with Crippen molar-refractivity contribution in [2.45, 2.75) is 0 Å². The van der Waals surface area contributed by atoms with E-state index in [1.165, 1.54) is 0 Å². The van der Waals surface area contributed by atoms with Crippen molar-refractivity contribution in [1.82, 2.24) is 9.97 Å². The minimum Gasteiger partial charge on any atom is -0.255 e. The fourth-order valence-electron chi connectivity index (χ4n) is 1.03. The van der Waals surface area contributed by atoms with Crippen LogP contribution in [0.25, 0.3) is 11.4 Å². The molecule has 72 valence electrons. The second-order valence-corrected chi connectivity index (χ2v) is 2.43. The lowest BCUT2D eigenvalue weighted by Crippen LogP contribution is -1.83. The minimum atomic E-state index is 0.915. The third-order valence-electron chi connectivity index (χ3n) is 1.59. The van der Waals surface area contributed by atoms with Crippen LogP contribution in [0.5, 0.6) is 0 Å². The van der Waals surface area contributed by atoms with Gasteiger partial charge < -0.3 is 0 Å². The van der Waals surface area contributed by atoms with Crippen LogP contribution in [-0.2, 0) is 0 Å². The molecule has 0 aromatic carbocycles. The summed E-state index contributed by atoms with van der Waals surface area (Å²) in [5.74, 6) is 1.81. The van der Waals surface area contributed by atoms with Crippen molar-refractivity contribution >= 4 is 15.9 Å². The summed E-state index contributed by atoms with van der Waals surface area (Å²) in [5, 5.41) is 0. The number of hydrogen-bond acceptors (Lipinski definition) is 2. The lowest BCUT2D eigenvalue weighted by Gasteiger charge is -1.96. The van der Waals surface area contributed by atoms with Gasteiger partial charge in [0.2, 0.25) is 0 Å². The first-order valence-electron chi connectivity index (χ1n) is 4.17. The van der Waals surface area contributed by atoms with Crippen LogP contribution < -0.4 is 0 Å². The fraction of sp³-hybridized carbons (Fsp3) is 0.0909. The first kappa shape index (κ1) is 10.9. The molecule has 0 atom stereocenters. The van der Waals surface area contributed by atoms with E-state index in [1.54, 1.807) is 12.4 Å². The summed E-state index contributed by atoms with van der Waals surface area (Å²) >= 11 is 2.94. The van der Waals surface area contributed by atoms with E-state index in [2.05, 4.69) is 25.9 Å². The molecular weight excluding hydrogens is 240 g/mol. The molecule has 14 heavy (non-hydrogen) atoms. The highest BCUT2D eigenvalue weighted by atomic mass is 79.9. The number of nitrogens with zero attached hydrogens (tertiary/aromatic N) is 2. The first-order valence-corrected chi connectivity index (χ1v) is 5.75. The monoisotopic (exact) mass is 250 g/mol. The van der Waals surface area contributed by atoms with Crippen molar-refractivity contribution in [3.8, 4) is 11.4 Å². The summed E-state index contributed by atoms with van der Waals surface area (Å²) in [6.45, 7) is 0. The van der Waals surface area contributed by atoms with E-state index in [9.17, 15) is 0 Å². The van der Waals surface area contributed by atoms with Crippen LogP contribution in [0.3, 0.4) is 0 Å². The normalized spacial score (nSPS) is 8.71. The third kappa shape index (κ3) is 2.92. The topological polar surface area (TPSA) is 25.8 Å². The van der Waals surface area contributed by atoms with Crippen LogP contribution in [0.4, 0.5) is 0 Å². The Hall–Kier alpha value is -1.22. The molecule has 0 aliphatic rings. The molecule has 0 amide bonds. The van der Waals surface area contributed by atoms with Gasteiger partial charge in [0.05, 0.1) is 11.4 Å². The van der Waals surface area contributed by atoms with Crippen LogP contribution >= 0.6 is 15.9 Å². The molecule has 0 fully saturated rings. The molecule has 2 aromatic rings. The van der Waals surface area contributed by atoms with Gasteiger partial charge in [0.1, 0.15) is 0 Å². The van der Waals surface area contributed by atoms with E-state index in [1.807, 2.05) is 42.2 Å². The molecule has 0 saturated heterocycles. The molecule has 0 unspecified atom stereocenters. The van der Waals surface area contributed by atoms with Crippen LogP contribution in [0.15, 0.2) is 48.8 Å². The summed E-state index contributed by atoms with van der Waals surface area (Å²) in [7, 11) is 0. The number of halogens is 1. The van der Waals surface area contributed by atoms with Gasteiger partial charge in [0.25, 0.3) is 0 Å². The Kier molecular flexibility index (Phi) is 4.86. The van der Waals surface area contributed by atoms with Gasteiger partial charge in [-0.1, -0.05) is 28.1 Å². The largest absolute Gasteiger partial charge is 0.255 e. The van der Waals surface area contributed by atoms with Gasteiger partial charge in [-0.2, -0.15) is 0 Å². The van der Waals surface area contributed by atoms with E-state index in [-0.39, 0.29) is 0 Å². The van der Waals surface area contributed by atoms with Crippen LogP contribution in [0, 0.1) is 0 Å². The second-order valence-electron chi connectivity index (χ2n) is 2.43. The lowest BCUT2D eigenvalue weighted by molar-refractivity contribution is 1.25. The molecule has 2 rings (SSSR count). The van der Waals surface area contributed by atoms with Crippen molar-refractivity contribution in [3.05, 3.63) is 48.8 Å². The molecule has 0 aliphatic carbocycles. The van der Waals surface area contributed by atoms with Crippen LogP contribution in [-0.4, -0.2) is 15.8 Å². The molecule has 0 bridgehead atoms. The predicted octanol–water partition coefficient (Wildman–Crippen LogP) is 3.15. The average molecular weight is 251 g/mol. The first-order chi connectivity index (χ1) is 6.97. The Morgan fingerprint density at radius 1 is 0.786 bits per heavy atom. The van der Waals surface area contributed by atoms with Crippen molar-refractivity contribution < 1.29 is 0 Å². The maximum absolute atomic E-state index is 4.19.